The van der Waals surface area contributed by atoms with Crippen LogP contribution < -0.4 is 4.74 Å². The van der Waals surface area contributed by atoms with Gasteiger partial charge >= 0.3 is 5.97 Å². The van der Waals surface area contributed by atoms with Crippen molar-refractivity contribution < 1.29 is 14.6 Å². The fraction of sp³-hybridized carbons (Fsp3) is 0.188. The maximum absolute atomic E-state index is 11.3. The van der Waals surface area contributed by atoms with Gasteiger partial charge in [-0.1, -0.05) is 35.9 Å². The number of hydrogen-bond donors (Lipinski definition) is 1. The van der Waals surface area contributed by atoms with Crippen LogP contribution in [0, 0.1) is 6.92 Å². The number of carbonyl (C=O) groups is 1. The minimum absolute atomic E-state index is 0.324. The lowest BCUT2D eigenvalue weighted by Gasteiger charge is -2.16. The van der Waals surface area contributed by atoms with Crippen molar-refractivity contribution in [3.8, 4) is 5.75 Å². The summed E-state index contributed by atoms with van der Waals surface area (Å²) >= 11 is 5.79. The molecule has 2 aromatic carbocycles. The summed E-state index contributed by atoms with van der Waals surface area (Å²) in [6.07, 6.45) is -0.595. The summed E-state index contributed by atoms with van der Waals surface area (Å²) in [5.74, 6) is -0.487. The van der Waals surface area contributed by atoms with Crippen LogP contribution in [0.15, 0.2) is 48.5 Å². The predicted octanol–water partition coefficient (Wildman–Crippen LogP) is 3.72. The first-order valence-corrected chi connectivity index (χ1v) is 6.63. The van der Waals surface area contributed by atoms with E-state index in [0.29, 0.717) is 17.2 Å². The Bertz CT molecular complexity index is 593. The molecule has 20 heavy (non-hydrogen) atoms. The van der Waals surface area contributed by atoms with Crippen molar-refractivity contribution in [1.29, 1.82) is 0 Å². The zero-order valence-electron chi connectivity index (χ0n) is 11.0. The summed E-state index contributed by atoms with van der Waals surface area (Å²) in [6, 6.07) is 14.4. The number of aryl methyl sites for hydroxylation is 1. The van der Waals surface area contributed by atoms with Gasteiger partial charge in [-0.05, 0) is 42.3 Å². The fourth-order valence-corrected chi connectivity index (χ4v) is 2.02. The quantitative estimate of drug-likeness (QED) is 0.913. The third-order valence-electron chi connectivity index (χ3n) is 3.03. The molecule has 104 valence electrons. The first-order valence-electron chi connectivity index (χ1n) is 6.26. The first-order chi connectivity index (χ1) is 9.56. The number of rotatable bonds is 5. The molecule has 1 atom stereocenters. The second-order valence-corrected chi connectivity index (χ2v) is 4.97. The molecule has 0 bridgehead atoms. The van der Waals surface area contributed by atoms with Crippen LogP contribution in [0.4, 0.5) is 0 Å². The van der Waals surface area contributed by atoms with Crippen molar-refractivity contribution >= 4 is 17.6 Å². The van der Waals surface area contributed by atoms with Crippen LogP contribution in [0.25, 0.3) is 0 Å². The molecule has 3 nitrogen and oxygen atoms in total. The van der Waals surface area contributed by atoms with E-state index in [1.54, 1.807) is 24.3 Å². The van der Waals surface area contributed by atoms with Crippen LogP contribution in [0.5, 0.6) is 5.75 Å². The average molecular weight is 291 g/mol. The van der Waals surface area contributed by atoms with Crippen molar-refractivity contribution in [2.24, 2.45) is 0 Å². The molecule has 0 heterocycles. The van der Waals surface area contributed by atoms with E-state index in [1.165, 1.54) is 0 Å². The lowest BCUT2D eigenvalue weighted by molar-refractivity contribution is -0.145. The molecule has 0 unspecified atom stereocenters. The highest BCUT2D eigenvalue weighted by Crippen LogP contribution is 2.19. The molecule has 4 heteroatoms. The highest BCUT2D eigenvalue weighted by atomic mass is 35.5. The van der Waals surface area contributed by atoms with Crippen molar-refractivity contribution in [1.82, 2.24) is 0 Å². The molecule has 0 amide bonds. The van der Waals surface area contributed by atoms with Gasteiger partial charge in [0.25, 0.3) is 0 Å². The molecular formula is C16H15ClO3. The van der Waals surface area contributed by atoms with Gasteiger partial charge in [-0.25, -0.2) is 4.79 Å². The Morgan fingerprint density at radius 3 is 2.45 bits per heavy atom. The molecule has 0 aliphatic carbocycles. The molecule has 0 spiro atoms. The van der Waals surface area contributed by atoms with Gasteiger partial charge in [-0.2, -0.15) is 0 Å². The molecule has 2 rings (SSSR count). The topological polar surface area (TPSA) is 46.5 Å². The maximum Gasteiger partial charge on any atom is 0.345 e. The average Bonchev–Trinajstić information content (AvgIpc) is 2.42. The molecule has 2 aromatic rings. The zero-order chi connectivity index (χ0) is 14.5. The first kappa shape index (κ1) is 14.4. The van der Waals surface area contributed by atoms with E-state index in [-0.39, 0.29) is 0 Å². The van der Waals surface area contributed by atoms with Gasteiger partial charge in [-0.3, -0.25) is 0 Å². The third kappa shape index (κ3) is 3.75. The van der Waals surface area contributed by atoms with Crippen LogP contribution >= 0.6 is 11.6 Å². The Morgan fingerprint density at radius 1 is 1.20 bits per heavy atom. The summed E-state index contributed by atoms with van der Waals surface area (Å²) in [7, 11) is 0. The zero-order valence-corrected chi connectivity index (χ0v) is 11.8. The van der Waals surface area contributed by atoms with E-state index in [9.17, 15) is 9.90 Å². The number of halogens is 1. The third-order valence-corrected chi connectivity index (χ3v) is 3.29. The van der Waals surface area contributed by atoms with Crippen LogP contribution in [0.1, 0.15) is 11.1 Å². The Balaban J connectivity index is 2.14. The maximum atomic E-state index is 11.3. The molecule has 0 aliphatic rings. The number of carboxylic acids is 1. The fourth-order valence-electron chi connectivity index (χ4n) is 1.90. The SMILES string of the molecule is Cc1ccccc1C[C@H](Oc1ccc(Cl)cc1)C(=O)O. The lowest BCUT2D eigenvalue weighted by atomic mass is 10.0. The molecule has 0 saturated heterocycles. The van der Waals surface area contributed by atoms with Crippen molar-refractivity contribution in [3.63, 3.8) is 0 Å². The van der Waals surface area contributed by atoms with Crippen LogP contribution in [-0.2, 0) is 11.2 Å². The van der Waals surface area contributed by atoms with Crippen LogP contribution in [-0.4, -0.2) is 17.2 Å². The molecule has 1 N–H and O–H groups in total. The molecule has 0 aromatic heterocycles. The number of carboxylic acid groups (broad SMARTS) is 1. The van der Waals surface area contributed by atoms with Crippen LogP contribution in [0.3, 0.4) is 0 Å². The summed E-state index contributed by atoms with van der Waals surface area (Å²) in [4.78, 5) is 11.3. The molecular weight excluding hydrogens is 276 g/mol. The molecule has 0 radical (unpaired) electrons. The highest BCUT2D eigenvalue weighted by molar-refractivity contribution is 6.30. The van der Waals surface area contributed by atoms with Crippen molar-refractivity contribution in [3.05, 3.63) is 64.7 Å². The smallest absolute Gasteiger partial charge is 0.345 e. The number of benzene rings is 2. The van der Waals surface area contributed by atoms with Gasteiger partial charge in [-0.15, -0.1) is 0 Å². The number of ether oxygens (including phenoxy) is 1. The van der Waals surface area contributed by atoms with Gasteiger partial charge in [0.1, 0.15) is 5.75 Å². The largest absolute Gasteiger partial charge is 0.478 e. The van der Waals surface area contributed by atoms with Gasteiger partial charge < -0.3 is 9.84 Å². The Kier molecular flexibility index (Phi) is 4.64. The number of aliphatic carboxylic acids is 1. The minimum atomic E-state index is -0.983. The van der Waals surface area contributed by atoms with E-state index in [0.717, 1.165) is 11.1 Å². The molecule has 0 aliphatic heterocycles. The van der Waals surface area contributed by atoms with Crippen LogP contribution in [0.2, 0.25) is 5.02 Å². The monoisotopic (exact) mass is 290 g/mol. The second kappa shape index (κ2) is 6.44. The predicted molar refractivity (Wildman–Crippen MR) is 78.4 cm³/mol. The summed E-state index contributed by atoms with van der Waals surface area (Å²) in [5.41, 5.74) is 2.02. The normalized spacial score (nSPS) is 11.9. The summed E-state index contributed by atoms with van der Waals surface area (Å²) in [5, 5.41) is 9.88. The van der Waals surface area contributed by atoms with E-state index < -0.39 is 12.1 Å². The van der Waals surface area contributed by atoms with Gasteiger partial charge in [0, 0.05) is 11.4 Å². The Hall–Kier alpha value is -2.00. The highest BCUT2D eigenvalue weighted by Gasteiger charge is 2.20. The lowest BCUT2D eigenvalue weighted by Crippen LogP contribution is -2.29. The van der Waals surface area contributed by atoms with E-state index in [1.807, 2.05) is 31.2 Å². The second-order valence-electron chi connectivity index (χ2n) is 4.53. The summed E-state index contributed by atoms with van der Waals surface area (Å²) < 4.78 is 5.53. The van der Waals surface area contributed by atoms with Crippen molar-refractivity contribution in [2.45, 2.75) is 19.4 Å². The Morgan fingerprint density at radius 2 is 1.85 bits per heavy atom. The van der Waals surface area contributed by atoms with E-state index in [4.69, 9.17) is 16.3 Å². The summed E-state index contributed by atoms with van der Waals surface area (Å²) in [6.45, 7) is 1.95. The molecule has 0 fully saturated rings. The Labute approximate surface area is 122 Å². The standard InChI is InChI=1S/C16H15ClO3/c1-11-4-2-3-5-12(11)10-15(16(18)19)20-14-8-6-13(17)7-9-14/h2-9,15H,10H2,1H3,(H,18,19)/t15-/m0/s1. The molecule has 0 saturated carbocycles. The van der Waals surface area contributed by atoms with E-state index >= 15 is 0 Å². The van der Waals surface area contributed by atoms with Gasteiger partial charge in [0.15, 0.2) is 6.10 Å². The van der Waals surface area contributed by atoms with Crippen molar-refractivity contribution in [2.75, 3.05) is 0 Å². The minimum Gasteiger partial charge on any atom is -0.478 e. The van der Waals surface area contributed by atoms with Gasteiger partial charge in [0.2, 0.25) is 0 Å². The van der Waals surface area contributed by atoms with E-state index in [2.05, 4.69) is 0 Å². The van der Waals surface area contributed by atoms with Gasteiger partial charge in [0.05, 0.1) is 0 Å². The number of hydrogen-bond acceptors (Lipinski definition) is 2.